The number of rotatable bonds is 4. The van der Waals surface area contributed by atoms with Gasteiger partial charge in [0.2, 0.25) is 0 Å². The van der Waals surface area contributed by atoms with Crippen molar-refractivity contribution in [2.45, 2.75) is 6.61 Å². The summed E-state index contributed by atoms with van der Waals surface area (Å²) in [4.78, 5) is 28.4. The smallest absolute Gasteiger partial charge is 0.387 e. The molecule has 2 aromatic rings. The van der Waals surface area contributed by atoms with Gasteiger partial charge in [0.15, 0.2) is 0 Å². The second-order valence-corrected chi connectivity index (χ2v) is 6.85. The van der Waals surface area contributed by atoms with Crippen LogP contribution in [0.5, 0.6) is 5.75 Å². The van der Waals surface area contributed by atoms with Crippen molar-refractivity contribution in [3.8, 4) is 5.75 Å². The van der Waals surface area contributed by atoms with Crippen LogP contribution < -0.4 is 4.74 Å². The predicted octanol–water partition coefficient (Wildman–Crippen LogP) is 4.19. The van der Waals surface area contributed by atoms with E-state index >= 15 is 0 Å². The summed E-state index contributed by atoms with van der Waals surface area (Å²) in [6.07, 6.45) is 0. The van der Waals surface area contributed by atoms with Gasteiger partial charge in [-0.1, -0.05) is 41.4 Å². The Kier molecular flexibility index (Phi) is 6.36. The molecule has 1 fully saturated rings. The van der Waals surface area contributed by atoms with Crippen molar-refractivity contribution in [3.63, 3.8) is 0 Å². The molecule has 1 saturated heterocycles. The molecule has 0 atom stereocenters. The molecule has 0 radical (unpaired) electrons. The molecule has 2 amide bonds. The average molecular weight is 429 g/mol. The summed E-state index contributed by atoms with van der Waals surface area (Å²) < 4.78 is 29.5. The van der Waals surface area contributed by atoms with Gasteiger partial charge < -0.3 is 14.5 Å². The molecule has 1 aliphatic heterocycles. The Bertz CT molecular complexity index is 887. The minimum absolute atomic E-state index is 0.0560. The Hall–Kier alpha value is -2.38. The molecule has 1 aliphatic rings. The lowest BCUT2D eigenvalue weighted by Crippen LogP contribution is -2.50. The number of nitrogens with zero attached hydrogens (tertiary/aromatic N) is 2. The summed E-state index contributed by atoms with van der Waals surface area (Å²) in [5.41, 5.74) is 0.352. The van der Waals surface area contributed by atoms with Crippen LogP contribution in [0.3, 0.4) is 0 Å². The van der Waals surface area contributed by atoms with Crippen LogP contribution in [0.1, 0.15) is 20.7 Å². The zero-order valence-electron chi connectivity index (χ0n) is 14.6. The molecule has 0 bridgehead atoms. The van der Waals surface area contributed by atoms with Gasteiger partial charge in [-0.15, -0.1) is 0 Å². The molecule has 5 nitrogen and oxygen atoms in total. The van der Waals surface area contributed by atoms with Crippen molar-refractivity contribution in [2.24, 2.45) is 0 Å². The lowest BCUT2D eigenvalue weighted by molar-refractivity contribution is -0.0503. The van der Waals surface area contributed by atoms with E-state index in [0.717, 1.165) is 0 Å². The first-order valence-corrected chi connectivity index (χ1v) is 9.20. The Morgan fingerprint density at radius 2 is 1.39 bits per heavy atom. The van der Waals surface area contributed by atoms with Crippen LogP contribution in [0.15, 0.2) is 42.5 Å². The molecule has 9 heteroatoms. The number of para-hydroxylation sites is 1. The third-order valence-electron chi connectivity index (χ3n) is 4.37. The minimum Gasteiger partial charge on any atom is -0.434 e. The molecule has 1 heterocycles. The number of benzene rings is 2. The highest BCUT2D eigenvalue weighted by atomic mass is 35.5. The van der Waals surface area contributed by atoms with Crippen LogP contribution in [0, 0.1) is 0 Å². The van der Waals surface area contributed by atoms with Crippen LogP contribution in [0.25, 0.3) is 0 Å². The first-order chi connectivity index (χ1) is 13.4. The van der Waals surface area contributed by atoms with Crippen LogP contribution in [0.2, 0.25) is 10.0 Å². The molecule has 0 N–H and O–H groups in total. The topological polar surface area (TPSA) is 49.9 Å². The molecule has 2 aromatic carbocycles. The van der Waals surface area contributed by atoms with E-state index in [1.807, 2.05) is 0 Å². The number of carbonyl (C=O) groups is 2. The number of carbonyl (C=O) groups excluding carboxylic acids is 2. The number of piperazine rings is 1. The molecule has 0 aromatic heterocycles. The third-order valence-corrected chi connectivity index (χ3v) is 5.19. The summed E-state index contributed by atoms with van der Waals surface area (Å²) in [5, 5.41) is 0.475. The van der Waals surface area contributed by atoms with Crippen molar-refractivity contribution in [1.29, 1.82) is 0 Å². The number of halogens is 4. The molecule has 0 aliphatic carbocycles. The second kappa shape index (κ2) is 8.75. The maximum absolute atomic E-state index is 12.7. The highest BCUT2D eigenvalue weighted by Gasteiger charge is 2.28. The molecular weight excluding hydrogens is 413 g/mol. The Balaban J connectivity index is 1.68. The predicted molar refractivity (Wildman–Crippen MR) is 101 cm³/mol. The van der Waals surface area contributed by atoms with Crippen molar-refractivity contribution >= 4 is 35.0 Å². The van der Waals surface area contributed by atoms with Gasteiger partial charge in [-0.05, 0) is 24.3 Å². The monoisotopic (exact) mass is 428 g/mol. The average Bonchev–Trinajstić information content (AvgIpc) is 2.69. The fourth-order valence-corrected chi connectivity index (χ4v) is 3.35. The lowest BCUT2D eigenvalue weighted by atomic mass is 10.1. The van der Waals surface area contributed by atoms with E-state index < -0.39 is 12.5 Å². The van der Waals surface area contributed by atoms with Crippen molar-refractivity contribution in [1.82, 2.24) is 9.80 Å². The van der Waals surface area contributed by atoms with E-state index in [0.29, 0.717) is 5.56 Å². The summed E-state index contributed by atoms with van der Waals surface area (Å²) in [5.74, 6) is -0.878. The number of alkyl halides is 2. The molecular formula is C19H16Cl2F2N2O3. The van der Waals surface area contributed by atoms with E-state index in [1.165, 1.54) is 23.1 Å². The Morgan fingerprint density at radius 1 is 0.857 bits per heavy atom. The Labute approximate surface area is 170 Å². The summed E-state index contributed by atoms with van der Waals surface area (Å²) in [7, 11) is 0. The van der Waals surface area contributed by atoms with Crippen molar-refractivity contribution in [2.75, 3.05) is 26.2 Å². The molecule has 0 saturated carbocycles. The van der Waals surface area contributed by atoms with Crippen LogP contribution >= 0.6 is 23.2 Å². The van der Waals surface area contributed by atoms with E-state index in [1.54, 1.807) is 29.2 Å². The number of ether oxygens (including phenoxy) is 1. The number of hydrogen-bond donors (Lipinski definition) is 0. The van der Waals surface area contributed by atoms with Crippen LogP contribution in [0.4, 0.5) is 8.78 Å². The Morgan fingerprint density at radius 3 is 2.00 bits per heavy atom. The van der Waals surface area contributed by atoms with E-state index in [2.05, 4.69) is 4.74 Å². The summed E-state index contributed by atoms with van der Waals surface area (Å²) >= 11 is 12.1. The van der Waals surface area contributed by atoms with Crippen LogP contribution in [-0.4, -0.2) is 54.4 Å². The lowest BCUT2D eigenvalue weighted by Gasteiger charge is -2.35. The quantitative estimate of drug-likeness (QED) is 0.733. The largest absolute Gasteiger partial charge is 0.434 e. The van der Waals surface area contributed by atoms with E-state index in [9.17, 15) is 18.4 Å². The highest BCUT2D eigenvalue weighted by Crippen LogP contribution is 2.27. The maximum atomic E-state index is 12.7. The molecule has 3 rings (SSSR count). The van der Waals surface area contributed by atoms with Crippen molar-refractivity contribution < 1.29 is 23.1 Å². The standard InChI is InChI=1S/C19H16Cl2F2N2O3/c20-14-6-3-5-13(16(14)21)18(27)25-10-8-24(9-11-25)17(26)12-4-1-2-7-15(12)28-19(22)23/h1-7,19H,8-11H2. The van der Waals surface area contributed by atoms with Gasteiger partial charge in [-0.2, -0.15) is 8.78 Å². The fourth-order valence-electron chi connectivity index (χ4n) is 2.96. The summed E-state index contributed by atoms with van der Waals surface area (Å²) in [6, 6.07) is 10.7. The first kappa shape index (κ1) is 20.4. The van der Waals surface area contributed by atoms with Gasteiger partial charge in [0.05, 0.1) is 21.2 Å². The van der Waals surface area contributed by atoms with Gasteiger partial charge in [0, 0.05) is 26.2 Å². The van der Waals surface area contributed by atoms with Gasteiger partial charge >= 0.3 is 6.61 Å². The first-order valence-electron chi connectivity index (χ1n) is 8.45. The van der Waals surface area contributed by atoms with Gasteiger partial charge in [-0.25, -0.2) is 0 Å². The van der Waals surface area contributed by atoms with E-state index in [4.69, 9.17) is 23.2 Å². The normalized spacial score (nSPS) is 14.3. The fraction of sp³-hybridized carbons (Fsp3) is 0.263. The van der Waals surface area contributed by atoms with Gasteiger partial charge in [-0.3, -0.25) is 9.59 Å². The SMILES string of the molecule is O=C(c1ccccc1OC(F)F)N1CCN(C(=O)c2cccc(Cl)c2Cl)CC1. The van der Waals surface area contributed by atoms with E-state index in [-0.39, 0.29) is 53.4 Å². The molecule has 0 spiro atoms. The molecule has 148 valence electrons. The van der Waals surface area contributed by atoms with Crippen LogP contribution in [-0.2, 0) is 0 Å². The third kappa shape index (κ3) is 4.36. The number of hydrogen-bond acceptors (Lipinski definition) is 3. The second-order valence-electron chi connectivity index (χ2n) is 6.06. The zero-order valence-corrected chi connectivity index (χ0v) is 16.1. The van der Waals surface area contributed by atoms with Crippen molar-refractivity contribution in [3.05, 3.63) is 63.6 Å². The minimum atomic E-state index is -3.02. The number of amides is 2. The van der Waals surface area contributed by atoms with Gasteiger partial charge in [0.25, 0.3) is 11.8 Å². The van der Waals surface area contributed by atoms with Gasteiger partial charge in [0.1, 0.15) is 5.75 Å². The molecule has 28 heavy (non-hydrogen) atoms. The summed E-state index contributed by atoms with van der Waals surface area (Å²) in [6.45, 7) is -1.94. The maximum Gasteiger partial charge on any atom is 0.387 e. The highest BCUT2D eigenvalue weighted by molar-refractivity contribution is 6.43. The molecule has 0 unspecified atom stereocenters. The zero-order chi connectivity index (χ0) is 20.3.